The van der Waals surface area contributed by atoms with Gasteiger partial charge in [0.15, 0.2) is 16.9 Å². The summed E-state index contributed by atoms with van der Waals surface area (Å²) in [6.45, 7) is 23.6. The lowest BCUT2D eigenvalue weighted by atomic mass is 9.49. The van der Waals surface area contributed by atoms with E-state index in [9.17, 15) is 52.7 Å². The molecule has 674 valence electrons. The van der Waals surface area contributed by atoms with Crippen molar-refractivity contribution in [1.82, 2.24) is 99.5 Å². The van der Waals surface area contributed by atoms with Crippen LogP contribution >= 0.6 is 31.9 Å². The summed E-state index contributed by atoms with van der Waals surface area (Å²) in [5.74, 6) is 0.633. The molecule has 3 fully saturated rings. The van der Waals surface area contributed by atoms with Gasteiger partial charge >= 0.3 is 45.8 Å². The molecule has 17 aromatic rings. The summed E-state index contributed by atoms with van der Waals surface area (Å²) < 4.78 is 201. The molecular weight excluding hydrogens is 1840 g/mol. The van der Waals surface area contributed by atoms with Crippen molar-refractivity contribution < 1.29 is 86.3 Å². The molecule has 10 aromatic heterocycles. The first-order valence-corrected chi connectivity index (χ1v) is 40.8. The molecule has 0 unspecified atom stereocenters. The quantitative estimate of drug-likeness (QED) is 0.0575. The van der Waals surface area contributed by atoms with Crippen LogP contribution in [0.25, 0.3) is 117 Å². The molecule has 0 atom stereocenters. The normalized spacial score (nSPS) is 16.2. The first-order chi connectivity index (χ1) is 60.5. The highest BCUT2D eigenvalue weighted by Crippen LogP contribution is 2.48. The van der Waals surface area contributed by atoms with E-state index >= 15 is 0 Å². The average molecular weight is 1920 g/mol. The van der Waals surface area contributed by atoms with Crippen LogP contribution in [0.5, 0.6) is 0 Å². The fraction of sp³-hybridized carbons (Fsp3) is 0.265. The van der Waals surface area contributed by atoms with Gasteiger partial charge in [-0.1, -0.05) is 113 Å². The molecule has 10 N–H and O–H groups in total. The number of nitrogen functional groups attached to an aromatic ring is 3. The van der Waals surface area contributed by atoms with Crippen LogP contribution in [0.15, 0.2) is 192 Å². The van der Waals surface area contributed by atoms with Crippen LogP contribution in [-0.2, 0) is 52.6 Å². The summed E-state index contributed by atoms with van der Waals surface area (Å²) in [4.78, 5) is 13.2. The van der Waals surface area contributed by atoms with Crippen LogP contribution in [0, 0.1) is 0 Å². The molecule has 3 saturated heterocycles. The maximum Gasteiger partial charge on any atom is 0.494 e. The van der Waals surface area contributed by atoms with Gasteiger partial charge in [0.25, 0.3) is 0 Å². The van der Waals surface area contributed by atoms with Gasteiger partial charge < -0.3 is 45.1 Å². The first-order valence-electron chi connectivity index (χ1n) is 39.2. The van der Waals surface area contributed by atoms with Crippen molar-refractivity contribution in [3.63, 3.8) is 0 Å². The molecule has 0 amide bonds. The lowest BCUT2D eigenvalue weighted by Gasteiger charge is -2.32. The Morgan fingerprint density at radius 2 is 0.636 bits per heavy atom. The van der Waals surface area contributed by atoms with Crippen molar-refractivity contribution >= 4 is 137 Å². The van der Waals surface area contributed by atoms with Gasteiger partial charge in [0.05, 0.1) is 135 Å². The Labute approximate surface area is 748 Å². The number of nitrogens with zero attached hydrogens (tertiary/aromatic N) is 16. The largest absolute Gasteiger partial charge is 0.494 e. The predicted octanol–water partition coefficient (Wildman–Crippen LogP) is 19.5. The van der Waals surface area contributed by atoms with Crippen LogP contribution in [0.4, 0.5) is 70.5 Å². The van der Waals surface area contributed by atoms with E-state index in [4.69, 9.17) is 45.1 Å². The number of aromatic amines is 4. The van der Waals surface area contributed by atoms with Crippen molar-refractivity contribution in [3.05, 3.63) is 214 Å². The molecule has 0 spiro atoms. The van der Waals surface area contributed by atoms with Gasteiger partial charge in [-0.05, 0) is 158 Å². The van der Waals surface area contributed by atoms with E-state index in [1.165, 1.54) is 52.6 Å². The van der Waals surface area contributed by atoms with E-state index in [2.05, 4.69) is 118 Å². The van der Waals surface area contributed by atoms with Crippen molar-refractivity contribution in [3.8, 4) is 56.0 Å². The van der Waals surface area contributed by atoms with Gasteiger partial charge in [-0.3, -0.25) is 33.6 Å². The summed E-state index contributed by atoms with van der Waals surface area (Å²) in [5, 5.41) is 49.5. The number of anilines is 3. The Morgan fingerprint density at radius 1 is 0.349 bits per heavy atom. The van der Waals surface area contributed by atoms with Gasteiger partial charge in [0.1, 0.15) is 19.0 Å². The van der Waals surface area contributed by atoms with Gasteiger partial charge in [-0.2, -0.15) is 73.1 Å². The number of rotatable bonds is 7. The van der Waals surface area contributed by atoms with Crippen LogP contribution < -0.4 is 22.7 Å². The monoisotopic (exact) mass is 1920 g/mol. The number of hydrogen-bond acceptors (Lipinski definition) is 22. The number of hydrogen-bond donors (Lipinski definition) is 7. The zero-order valence-electron chi connectivity index (χ0n) is 70.2. The third-order valence-electron chi connectivity index (χ3n) is 22.8. The minimum atomic E-state index is -4.57. The predicted molar refractivity (Wildman–Crippen MR) is 476 cm³/mol. The highest BCUT2D eigenvalue weighted by Gasteiger charge is 2.64. The first kappa shape index (κ1) is 91.3. The van der Waals surface area contributed by atoms with Gasteiger partial charge in [-0.25, -0.2) is 15.0 Å². The van der Waals surface area contributed by atoms with Gasteiger partial charge in [-0.15, -0.1) is 30.6 Å². The van der Waals surface area contributed by atoms with Crippen molar-refractivity contribution in [2.75, 3.05) is 17.2 Å². The SMILES string of the molecule is CC1(C)OB(B2OC(C)(C)C(C)(C)O2)OC1(C)C.CC1(C)OB(c2cc(C(F)(F)F)c3[nH]ncc3c2)OC1(C)C.FC(F)(F)c1cc(Br)cc2cn[nH]c12.Nc1nc(-c2ccccc2)c(-c2cc(C(F)(F)F)c3[nH]ncc3c2)c2nncn12.Nc1nc(-c2ccccc2)c(-c2cc(C(F)(F)F)c3[nH]ncc3c2)c2nncn12.Nc1nc(-c2ccccc2)c(Br)c2nncn12.[HH].[HH].[HH].[HH]. The van der Waals surface area contributed by atoms with E-state index in [0.29, 0.717) is 88.0 Å². The lowest BCUT2D eigenvalue weighted by molar-refractivity contribution is -0.137. The number of nitrogens with two attached hydrogens (primary N) is 3. The standard InChI is InChI=1S/2C19H12F3N7.C14H16BF3N2O2.C12H24B2O4.C11H8BrN5.C8H4BrF3N2.4H2/c2*20-19(21,22)13-7-11(6-12-8-24-27-15(12)13)14-16(10-4-2-1-3-5-10)26-18(23)29-9-25-28-17(14)29;1-12(2)13(3,4)22-15(21-12)9-5-8-7-19-20-11(8)10(6-9)14(16,17)18;1-9(2)10(3,4)16-13(15-9)14-17-11(5,6)12(7,8)18-14;12-8-9(7-4-2-1-3-5-7)15-11(13)17-6-14-16-10(8)17;9-5-1-4-3-13-14-7(4)6(2-5)8(10,11)12;;;;/h2*1-9H,(H2,23,26)(H,24,27);5-7H,1-4H3,(H,19,20);1-8H3;1-6H,(H2,13,15);1-3H,(H,13,14);4*1H. The smallest absolute Gasteiger partial charge is 0.405 e. The zero-order chi connectivity index (χ0) is 92.8. The number of halogens is 14. The van der Waals surface area contributed by atoms with E-state index < -0.39 is 79.3 Å². The Hall–Kier alpha value is -12.5. The molecule has 0 aliphatic carbocycles. The Kier molecular flexibility index (Phi) is 24.0. The van der Waals surface area contributed by atoms with Crippen molar-refractivity contribution in [1.29, 1.82) is 0 Å². The topological polar surface area (TPSA) is 377 Å². The van der Waals surface area contributed by atoms with Gasteiger partial charge in [0, 0.05) is 48.4 Å². The lowest BCUT2D eigenvalue weighted by Crippen LogP contribution is -2.41. The molecule has 0 saturated carbocycles. The molecule has 3 aliphatic heterocycles. The van der Waals surface area contributed by atoms with Crippen LogP contribution in [0.3, 0.4) is 0 Å². The Balaban J connectivity index is 0.000000156. The van der Waals surface area contributed by atoms with Crippen LogP contribution in [-0.4, -0.2) is 154 Å². The maximum absolute atomic E-state index is 13.7. The van der Waals surface area contributed by atoms with E-state index in [0.717, 1.165) is 40.0 Å². The molecule has 29 nitrogen and oxygen atoms in total. The third kappa shape index (κ3) is 18.1. The number of nitrogens with one attached hydrogen (secondary N) is 4. The number of alkyl halides is 12. The summed E-state index contributed by atoms with van der Waals surface area (Å²) in [7, 11) is -1.79. The highest BCUT2D eigenvalue weighted by molar-refractivity contribution is 9.11. The molecule has 7 aromatic carbocycles. The third-order valence-corrected chi connectivity index (χ3v) is 24.0. The number of fused-ring (bicyclic) bond motifs is 7. The molecule has 20 rings (SSSR count). The molecule has 46 heteroatoms. The summed E-state index contributed by atoms with van der Waals surface area (Å²) in [6.07, 6.45) is -8.29. The average Bonchev–Trinajstić information content (AvgIpc) is 1.69. The van der Waals surface area contributed by atoms with Crippen LogP contribution in [0.2, 0.25) is 0 Å². The van der Waals surface area contributed by atoms with Crippen molar-refractivity contribution in [2.45, 2.75) is 141 Å². The molecule has 0 bridgehead atoms. The number of H-pyrrole nitrogens is 4. The Bertz CT molecular complexity index is 6740. The van der Waals surface area contributed by atoms with Crippen molar-refractivity contribution in [2.24, 2.45) is 0 Å². The minimum Gasteiger partial charge on any atom is -0.405 e. The molecular formula is C83H84B3Br2F12N23O6. The fourth-order valence-corrected chi connectivity index (χ4v) is 15.2. The number of benzene rings is 7. The second-order valence-electron chi connectivity index (χ2n) is 32.9. The minimum absolute atomic E-state index is 0. The highest BCUT2D eigenvalue weighted by atomic mass is 79.9. The number of aromatic nitrogens is 20. The summed E-state index contributed by atoms with van der Waals surface area (Å²) >= 11 is 6.51. The second kappa shape index (κ2) is 33.9. The van der Waals surface area contributed by atoms with Crippen LogP contribution in [0.1, 0.15) is 111 Å². The molecule has 13 heterocycles. The molecule has 0 radical (unpaired) electrons. The summed E-state index contributed by atoms with van der Waals surface area (Å²) in [6, 6.07) is 38.6. The molecule has 3 aliphatic rings. The maximum atomic E-state index is 13.7. The van der Waals surface area contributed by atoms with Gasteiger partial charge in [0.2, 0.25) is 17.8 Å². The zero-order valence-corrected chi connectivity index (χ0v) is 73.4. The second-order valence-corrected chi connectivity index (χ2v) is 34.6. The molecule has 129 heavy (non-hydrogen) atoms. The van der Waals surface area contributed by atoms with E-state index in [-0.39, 0.29) is 73.2 Å². The summed E-state index contributed by atoms with van der Waals surface area (Å²) in [5.41, 5.74) is 18.9. The van der Waals surface area contributed by atoms with E-state index in [1.807, 2.05) is 150 Å². The Morgan fingerprint density at radius 3 is 0.984 bits per heavy atom. The van der Waals surface area contributed by atoms with E-state index in [1.54, 1.807) is 52.9 Å². The fourth-order valence-electron chi connectivity index (χ4n) is 14.1.